The molecule has 0 spiro atoms. The first kappa shape index (κ1) is 17.4. The molecule has 7 heteroatoms. The number of ketones is 1. The number of carbonyl (C=O) groups is 1. The van der Waals surface area contributed by atoms with E-state index in [0.717, 1.165) is 15.8 Å². The monoisotopic (exact) mass is 371 g/mol. The third-order valence-electron chi connectivity index (χ3n) is 3.45. The second kappa shape index (κ2) is 8.13. The Labute approximate surface area is 154 Å². The first-order valence-corrected chi connectivity index (χ1v) is 9.36. The minimum absolute atomic E-state index is 0.0884. The zero-order chi connectivity index (χ0) is 17.6. The highest BCUT2D eigenvalue weighted by Gasteiger charge is 2.18. The maximum absolute atomic E-state index is 12.4. The number of carbonyl (C=O) groups excluding carboxylic acids is 1. The van der Waals surface area contributed by atoms with Crippen LogP contribution in [0.15, 0.2) is 58.9 Å². The third kappa shape index (κ3) is 4.58. The van der Waals surface area contributed by atoms with E-state index < -0.39 is 0 Å². The molecule has 3 aromatic rings. The first-order chi connectivity index (χ1) is 12.2. The second-order valence-corrected chi connectivity index (χ2v) is 7.78. The van der Waals surface area contributed by atoms with Crippen molar-refractivity contribution in [1.82, 2.24) is 10.2 Å². The van der Waals surface area contributed by atoms with Crippen molar-refractivity contribution in [3.8, 4) is 5.75 Å². The summed E-state index contributed by atoms with van der Waals surface area (Å²) in [4.78, 5) is 12.4. The molecule has 0 aliphatic carbocycles. The Balaban J connectivity index is 1.62. The molecule has 1 unspecified atom stereocenters. The van der Waals surface area contributed by atoms with Crippen LogP contribution in [0.1, 0.15) is 17.3 Å². The second-order valence-electron chi connectivity index (χ2n) is 5.22. The number of methoxy groups -OCH3 is 1. The van der Waals surface area contributed by atoms with E-state index in [0.29, 0.717) is 10.7 Å². The highest BCUT2D eigenvalue weighted by atomic mass is 32.2. The molecule has 3 rings (SSSR count). The molecule has 0 saturated carbocycles. The number of hydrogen-bond donors (Lipinski definition) is 1. The number of nitrogens with zero attached hydrogens (tertiary/aromatic N) is 2. The van der Waals surface area contributed by atoms with Gasteiger partial charge in [-0.2, -0.15) is 0 Å². The van der Waals surface area contributed by atoms with Crippen LogP contribution in [0.4, 0.5) is 10.8 Å². The molecule has 0 amide bonds. The van der Waals surface area contributed by atoms with Crippen LogP contribution in [-0.2, 0) is 0 Å². The number of hydrogen-bond acceptors (Lipinski definition) is 7. The van der Waals surface area contributed by atoms with Crippen molar-refractivity contribution in [3.63, 3.8) is 0 Å². The summed E-state index contributed by atoms with van der Waals surface area (Å²) in [6, 6.07) is 16.9. The van der Waals surface area contributed by atoms with Crippen molar-refractivity contribution in [2.24, 2.45) is 0 Å². The summed E-state index contributed by atoms with van der Waals surface area (Å²) in [5.74, 6) is 0.887. The van der Waals surface area contributed by atoms with Crippen molar-refractivity contribution >= 4 is 39.7 Å². The molecule has 0 aliphatic heterocycles. The number of benzene rings is 2. The summed E-state index contributed by atoms with van der Waals surface area (Å²) in [5, 5.41) is 12.0. The largest absolute Gasteiger partial charge is 0.497 e. The summed E-state index contributed by atoms with van der Waals surface area (Å²) in [6.45, 7) is 1.89. The number of nitrogens with one attached hydrogen (secondary N) is 1. The molecule has 25 heavy (non-hydrogen) atoms. The Hall–Kier alpha value is -2.38. The molecule has 0 saturated heterocycles. The van der Waals surface area contributed by atoms with E-state index in [9.17, 15) is 4.79 Å². The minimum atomic E-state index is -0.218. The molecule has 0 bridgehead atoms. The zero-order valence-corrected chi connectivity index (χ0v) is 15.4. The summed E-state index contributed by atoms with van der Waals surface area (Å²) in [7, 11) is 1.63. The summed E-state index contributed by atoms with van der Waals surface area (Å²) >= 11 is 2.84. The summed E-state index contributed by atoms with van der Waals surface area (Å²) in [5.41, 5.74) is 1.62. The van der Waals surface area contributed by atoms with E-state index in [1.807, 2.05) is 61.5 Å². The van der Waals surface area contributed by atoms with Gasteiger partial charge in [-0.05, 0) is 31.2 Å². The fourth-order valence-corrected chi connectivity index (χ4v) is 4.14. The van der Waals surface area contributed by atoms with Gasteiger partial charge < -0.3 is 10.1 Å². The number of aromatic nitrogens is 2. The number of anilines is 2. The smallest absolute Gasteiger partial charge is 0.210 e. The fraction of sp³-hybridized carbons (Fsp3) is 0.167. The molecular formula is C18H17N3O2S2. The average molecular weight is 371 g/mol. The van der Waals surface area contributed by atoms with Crippen LogP contribution in [0.25, 0.3) is 0 Å². The van der Waals surface area contributed by atoms with Crippen molar-refractivity contribution in [3.05, 3.63) is 60.2 Å². The van der Waals surface area contributed by atoms with E-state index in [1.54, 1.807) is 7.11 Å². The lowest BCUT2D eigenvalue weighted by molar-refractivity contribution is 0.0994. The highest BCUT2D eigenvalue weighted by molar-refractivity contribution is 8.02. The Kier molecular flexibility index (Phi) is 5.67. The summed E-state index contributed by atoms with van der Waals surface area (Å²) < 4.78 is 5.89. The number of rotatable bonds is 7. The maximum atomic E-state index is 12.4. The third-order valence-corrected chi connectivity index (χ3v) is 5.48. The van der Waals surface area contributed by atoms with E-state index >= 15 is 0 Å². The lowest BCUT2D eigenvalue weighted by Gasteiger charge is -2.07. The van der Waals surface area contributed by atoms with Crippen LogP contribution >= 0.6 is 23.1 Å². The molecule has 128 valence electrons. The fourth-order valence-electron chi connectivity index (χ4n) is 2.15. The van der Waals surface area contributed by atoms with Gasteiger partial charge in [0.25, 0.3) is 0 Å². The maximum Gasteiger partial charge on any atom is 0.210 e. The van der Waals surface area contributed by atoms with Crippen LogP contribution < -0.4 is 10.1 Å². The van der Waals surface area contributed by atoms with Gasteiger partial charge in [-0.1, -0.05) is 53.4 Å². The molecule has 0 radical (unpaired) electrons. The van der Waals surface area contributed by atoms with E-state index in [-0.39, 0.29) is 11.0 Å². The summed E-state index contributed by atoms with van der Waals surface area (Å²) in [6.07, 6.45) is 0. The van der Waals surface area contributed by atoms with E-state index in [1.165, 1.54) is 23.1 Å². The molecule has 0 aliphatic rings. The number of ether oxygens (including phenoxy) is 1. The van der Waals surface area contributed by atoms with Gasteiger partial charge in [0.2, 0.25) is 5.13 Å². The molecule has 1 atom stereocenters. The Morgan fingerprint density at radius 3 is 2.52 bits per heavy atom. The average Bonchev–Trinajstić information content (AvgIpc) is 3.09. The highest BCUT2D eigenvalue weighted by Crippen LogP contribution is 2.31. The van der Waals surface area contributed by atoms with Gasteiger partial charge in [0.15, 0.2) is 10.1 Å². The lowest BCUT2D eigenvalue weighted by atomic mass is 10.1. The Bertz CT molecular complexity index is 835. The zero-order valence-electron chi connectivity index (χ0n) is 13.8. The van der Waals surface area contributed by atoms with E-state index in [4.69, 9.17) is 4.74 Å². The predicted octanol–water partition coefficient (Wildman–Crippen LogP) is 4.65. The van der Waals surface area contributed by atoms with Crippen LogP contribution in [0, 0.1) is 0 Å². The van der Waals surface area contributed by atoms with Gasteiger partial charge in [-0.25, -0.2) is 0 Å². The Morgan fingerprint density at radius 2 is 1.84 bits per heavy atom. The van der Waals surface area contributed by atoms with Gasteiger partial charge in [-0.3, -0.25) is 4.79 Å². The van der Waals surface area contributed by atoms with Crippen LogP contribution in [0.3, 0.4) is 0 Å². The predicted molar refractivity (Wildman–Crippen MR) is 102 cm³/mol. The van der Waals surface area contributed by atoms with Gasteiger partial charge >= 0.3 is 0 Å². The van der Waals surface area contributed by atoms with Crippen molar-refractivity contribution in [2.45, 2.75) is 16.5 Å². The minimum Gasteiger partial charge on any atom is -0.497 e. The van der Waals surface area contributed by atoms with E-state index in [2.05, 4.69) is 15.5 Å². The van der Waals surface area contributed by atoms with Crippen molar-refractivity contribution in [2.75, 3.05) is 12.4 Å². The standard InChI is InChI=1S/C18H17N3O2S2/c1-12(16(22)13-6-4-3-5-7-13)24-18-21-20-17(25-18)19-14-8-10-15(23-2)11-9-14/h3-12H,1-2H3,(H,19,20). The SMILES string of the molecule is COc1ccc(Nc2nnc(SC(C)C(=O)c3ccccc3)s2)cc1. The first-order valence-electron chi connectivity index (χ1n) is 7.66. The molecule has 1 N–H and O–H groups in total. The molecule has 0 fully saturated rings. The topological polar surface area (TPSA) is 64.1 Å². The van der Waals surface area contributed by atoms with Crippen molar-refractivity contribution < 1.29 is 9.53 Å². The van der Waals surface area contributed by atoms with Crippen LogP contribution in [0.5, 0.6) is 5.75 Å². The normalized spacial score (nSPS) is 11.8. The van der Waals surface area contributed by atoms with Crippen molar-refractivity contribution in [1.29, 1.82) is 0 Å². The van der Waals surface area contributed by atoms with Gasteiger partial charge in [0.1, 0.15) is 5.75 Å². The molecule has 2 aromatic carbocycles. The van der Waals surface area contributed by atoms with Gasteiger partial charge in [-0.15, -0.1) is 10.2 Å². The number of Topliss-reactive ketones (excluding diaryl/α,β-unsaturated/α-hetero) is 1. The quantitative estimate of drug-likeness (QED) is 0.482. The van der Waals surface area contributed by atoms with Gasteiger partial charge in [0.05, 0.1) is 12.4 Å². The molecule has 5 nitrogen and oxygen atoms in total. The lowest BCUT2D eigenvalue weighted by Crippen LogP contribution is -2.13. The van der Waals surface area contributed by atoms with Gasteiger partial charge in [0, 0.05) is 11.3 Å². The molecular weight excluding hydrogens is 354 g/mol. The molecule has 1 aromatic heterocycles. The molecule has 1 heterocycles. The Morgan fingerprint density at radius 1 is 1.12 bits per heavy atom. The van der Waals surface area contributed by atoms with Crippen LogP contribution in [-0.4, -0.2) is 28.3 Å². The van der Waals surface area contributed by atoms with Crippen LogP contribution in [0.2, 0.25) is 0 Å². The number of thioether (sulfide) groups is 1.